The number of benzene rings is 2. The van der Waals surface area contributed by atoms with Gasteiger partial charge in [-0.25, -0.2) is 0 Å². The molecule has 36 heavy (non-hydrogen) atoms. The number of hydrogen-bond acceptors (Lipinski definition) is 6. The molecule has 0 atom stereocenters. The van der Waals surface area contributed by atoms with Crippen molar-refractivity contribution in [2.45, 2.75) is 39.2 Å². The van der Waals surface area contributed by atoms with Crippen LogP contribution in [0.5, 0.6) is 5.75 Å². The molecule has 184 valence electrons. The van der Waals surface area contributed by atoms with E-state index in [2.05, 4.69) is 16.2 Å². The smallest absolute Gasteiger partial charge is 0.283 e. The van der Waals surface area contributed by atoms with Gasteiger partial charge in [-0.15, -0.1) is 0 Å². The highest BCUT2D eigenvalue weighted by atomic mass is 32.2. The molecule has 0 bridgehead atoms. The molecule has 0 spiro atoms. The molecular weight excluding hydrogens is 474 g/mol. The lowest BCUT2D eigenvalue weighted by Gasteiger charge is -2.26. The number of rotatable bonds is 6. The molecule has 3 aliphatic heterocycles. The molecule has 0 aromatic heterocycles. The maximum absolute atomic E-state index is 12.7. The van der Waals surface area contributed by atoms with Crippen molar-refractivity contribution in [1.82, 2.24) is 9.91 Å². The summed E-state index contributed by atoms with van der Waals surface area (Å²) in [6.07, 6.45) is 4.99. The second-order valence-electron chi connectivity index (χ2n) is 8.98. The third kappa shape index (κ3) is 5.41. The van der Waals surface area contributed by atoms with E-state index in [4.69, 9.17) is 10.1 Å². The molecule has 0 saturated carbocycles. The van der Waals surface area contributed by atoms with E-state index >= 15 is 0 Å². The van der Waals surface area contributed by atoms with Gasteiger partial charge in [0.25, 0.3) is 5.91 Å². The Morgan fingerprint density at radius 3 is 2.67 bits per heavy atom. The standard InChI is InChI=1S/C27H27N5O3S/c1-18-6-5-7-20(14-18)17-35-21-10-8-19(9-11-21)15-22-25(28)32-27(29-26(22)34)36-23(30-32)16-24(33)31-12-3-2-4-13-31/h5-11,14-15,28H,2-4,12-13,16-17H2,1H3/b22-15-,28-25?. The summed E-state index contributed by atoms with van der Waals surface area (Å²) in [4.78, 5) is 31.3. The van der Waals surface area contributed by atoms with Gasteiger partial charge in [-0.1, -0.05) is 42.0 Å². The summed E-state index contributed by atoms with van der Waals surface area (Å²) in [6.45, 7) is 4.07. The van der Waals surface area contributed by atoms with E-state index in [-0.39, 0.29) is 23.7 Å². The van der Waals surface area contributed by atoms with Gasteiger partial charge in [-0.2, -0.15) is 15.1 Å². The fraction of sp³-hybridized carbons (Fsp3) is 0.296. The number of aryl methyl sites for hydroxylation is 1. The Kier molecular flexibility index (Phi) is 6.99. The van der Waals surface area contributed by atoms with Gasteiger partial charge in [0.05, 0.1) is 12.0 Å². The number of amidine groups is 2. The highest BCUT2D eigenvalue weighted by molar-refractivity contribution is 8.27. The normalized spacial score (nSPS) is 18.8. The van der Waals surface area contributed by atoms with E-state index in [0.717, 1.165) is 43.5 Å². The molecule has 3 heterocycles. The van der Waals surface area contributed by atoms with Crippen LogP contribution < -0.4 is 4.74 Å². The van der Waals surface area contributed by atoms with Crippen LogP contribution in [0, 0.1) is 12.3 Å². The molecule has 5 rings (SSSR count). The van der Waals surface area contributed by atoms with Crippen LogP contribution in [0.25, 0.3) is 6.08 Å². The molecule has 9 heteroatoms. The predicted molar refractivity (Wildman–Crippen MR) is 142 cm³/mol. The third-order valence-corrected chi connectivity index (χ3v) is 7.10. The van der Waals surface area contributed by atoms with Gasteiger partial charge >= 0.3 is 0 Å². The van der Waals surface area contributed by atoms with E-state index in [0.29, 0.717) is 22.6 Å². The molecule has 2 aromatic carbocycles. The van der Waals surface area contributed by atoms with Crippen LogP contribution in [0.4, 0.5) is 0 Å². The van der Waals surface area contributed by atoms with Gasteiger partial charge in [-0.3, -0.25) is 15.0 Å². The van der Waals surface area contributed by atoms with Crippen LogP contribution in [0.1, 0.15) is 42.4 Å². The van der Waals surface area contributed by atoms with E-state index < -0.39 is 5.91 Å². The van der Waals surface area contributed by atoms with E-state index in [1.165, 1.54) is 22.3 Å². The molecule has 3 aliphatic rings. The number of hydrazone groups is 1. The van der Waals surface area contributed by atoms with Crippen LogP contribution in [-0.4, -0.2) is 50.9 Å². The molecule has 2 amide bonds. The molecule has 0 aliphatic carbocycles. The fourth-order valence-electron chi connectivity index (χ4n) is 4.28. The van der Waals surface area contributed by atoms with Crippen molar-refractivity contribution >= 4 is 45.7 Å². The number of aliphatic imine (C=N–C) groups is 1. The number of thioether (sulfide) groups is 1. The number of ether oxygens (including phenoxy) is 1. The van der Waals surface area contributed by atoms with Crippen LogP contribution >= 0.6 is 11.8 Å². The number of nitrogens with zero attached hydrogens (tertiary/aromatic N) is 4. The fourth-order valence-corrected chi connectivity index (χ4v) is 5.16. The Labute approximate surface area is 214 Å². The Hall–Kier alpha value is -3.72. The van der Waals surface area contributed by atoms with Gasteiger partial charge in [0.2, 0.25) is 11.1 Å². The summed E-state index contributed by atoms with van der Waals surface area (Å²) in [7, 11) is 0. The van der Waals surface area contributed by atoms with Crippen molar-refractivity contribution in [2.75, 3.05) is 13.1 Å². The molecule has 1 N–H and O–H groups in total. The lowest BCUT2D eigenvalue weighted by Crippen LogP contribution is -2.36. The Balaban J connectivity index is 1.24. The lowest BCUT2D eigenvalue weighted by molar-refractivity contribution is -0.130. The van der Waals surface area contributed by atoms with E-state index in [9.17, 15) is 9.59 Å². The average Bonchev–Trinajstić information content (AvgIpc) is 3.29. The minimum absolute atomic E-state index is 0.0275. The zero-order chi connectivity index (χ0) is 25.1. The number of likely N-dealkylation sites (tertiary alicyclic amines) is 1. The molecule has 8 nitrogen and oxygen atoms in total. The SMILES string of the molecule is Cc1cccc(COc2ccc(/C=C3/C(=N)N4N=C(CC(=O)N5CCCCC5)SC4=NC3=O)cc2)c1. The van der Waals surface area contributed by atoms with Crippen LogP contribution in [0.2, 0.25) is 0 Å². The Bertz CT molecular complexity index is 1290. The van der Waals surface area contributed by atoms with Crippen LogP contribution in [-0.2, 0) is 16.2 Å². The first kappa shape index (κ1) is 24.0. The topological polar surface area (TPSA) is 98.4 Å². The summed E-state index contributed by atoms with van der Waals surface area (Å²) in [6, 6.07) is 15.5. The summed E-state index contributed by atoms with van der Waals surface area (Å²) in [5, 5.41) is 15.2. The molecule has 1 saturated heterocycles. The zero-order valence-electron chi connectivity index (χ0n) is 20.1. The average molecular weight is 502 g/mol. The molecule has 0 unspecified atom stereocenters. The first-order chi connectivity index (χ1) is 17.5. The van der Waals surface area contributed by atoms with Crippen molar-refractivity contribution in [3.63, 3.8) is 0 Å². The van der Waals surface area contributed by atoms with E-state index in [1.54, 1.807) is 6.08 Å². The first-order valence-corrected chi connectivity index (χ1v) is 12.8. The van der Waals surface area contributed by atoms with Gasteiger partial charge < -0.3 is 9.64 Å². The van der Waals surface area contributed by atoms with Crippen molar-refractivity contribution in [2.24, 2.45) is 10.1 Å². The summed E-state index contributed by atoms with van der Waals surface area (Å²) >= 11 is 1.18. The number of hydrogen-bond donors (Lipinski definition) is 1. The number of piperidine rings is 1. The number of amides is 2. The maximum atomic E-state index is 12.7. The highest BCUT2D eigenvalue weighted by Crippen LogP contribution is 2.30. The Morgan fingerprint density at radius 2 is 1.92 bits per heavy atom. The maximum Gasteiger partial charge on any atom is 0.283 e. The van der Waals surface area contributed by atoms with Gasteiger partial charge in [0, 0.05) is 13.1 Å². The van der Waals surface area contributed by atoms with E-state index in [1.807, 2.05) is 54.3 Å². The quantitative estimate of drug-likeness (QED) is 0.584. The monoisotopic (exact) mass is 501 g/mol. The molecular formula is C27H27N5O3S. The van der Waals surface area contributed by atoms with Crippen molar-refractivity contribution in [3.05, 3.63) is 70.8 Å². The predicted octanol–water partition coefficient (Wildman–Crippen LogP) is 4.60. The second kappa shape index (κ2) is 10.5. The van der Waals surface area contributed by atoms with Crippen LogP contribution in [0.15, 0.2) is 64.2 Å². The minimum atomic E-state index is -0.489. The largest absolute Gasteiger partial charge is 0.489 e. The lowest BCUT2D eigenvalue weighted by atomic mass is 10.1. The number of carbonyl (C=O) groups is 2. The van der Waals surface area contributed by atoms with Gasteiger partial charge in [-0.05, 0) is 67.3 Å². The summed E-state index contributed by atoms with van der Waals surface area (Å²) in [5.41, 5.74) is 3.18. The summed E-state index contributed by atoms with van der Waals surface area (Å²) in [5.74, 6) is 0.210. The zero-order valence-corrected chi connectivity index (χ0v) is 20.9. The highest BCUT2D eigenvalue weighted by Gasteiger charge is 2.36. The van der Waals surface area contributed by atoms with Crippen molar-refractivity contribution in [3.8, 4) is 5.75 Å². The van der Waals surface area contributed by atoms with Gasteiger partial charge in [0.1, 0.15) is 17.4 Å². The molecule has 0 radical (unpaired) electrons. The number of carbonyl (C=O) groups excluding carboxylic acids is 2. The third-order valence-electron chi connectivity index (χ3n) is 6.19. The minimum Gasteiger partial charge on any atom is -0.489 e. The molecule has 1 fully saturated rings. The summed E-state index contributed by atoms with van der Waals surface area (Å²) < 4.78 is 5.87. The number of nitrogens with one attached hydrogen (secondary N) is 1. The Morgan fingerprint density at radius 1 is 1.14 bits per heavy atom. The molecule has 2 aromatic rings. The van der Waals surface area contributed by atoms with Crippen LogP contribution in [0.3, 0.4) is 0 Å². The number of fused-ring (bicyclic) bond motifs is 1. The van der Waals surface area contributed by atoms with Crippen molar-refractivity contribution in [1.29, 1.82) is 5.41 Å². The second-order valence-corrected chi connectivity index (χ2v) is 10.0. The van der Waals surface area contributed by atoms with Crippen molar-refractivity contribution < 1.29 is 14.3 Å². The van der Waals surface area contributed by atoms with Gasteiger partial charge in [0.15, 0.2) is 5.84 Å². The first-order valence-electron chi connectivity index (χ1n) is 12.0.